The Hall–Kier alpha value is -1.51. The predicted molar refractivity (Wildman–Crippen MR) is 119 cm³/mol. The number of hydrogen-bond donors (Lipinski definition) is 2. The Morgan fingerprint density at radius 2 is 1.88 bits per heavy atom. The van der Waals surface area contributed by atoms with Gasteiger partial charge in [0.05, 0.1) is 0 Å². The first-order chi connectivity index (χ1) is 12.0. The van der Waals surface area contributed by atoms with Crippen molar-refractivity contribution in [1.29, 1.82) is 0 Å². The zero-order valence-corrected chi connectivity index (χ0v) is 18.6. The Kier molecular flexibility index (Phi) is 9.75. The standard InChI is InChI=1S/C19H31N5O.HI/c1-15-13-17(15)22-19(21-14-18(25)23(2)3)20-11-8-12-24(4)16-9-6-5-7-10-16;/h5-7,9-10,15,17H,8,11-14H2,1-4H3,(H2,20,21,22);1H. The number of benzene rings is 1. The number of nitrogens with zero attached hydrogens (tertiary/aromatic N) is 3. The van der Waals surface area contributed by atoms with Crippen LogP contribution in [0.25, 0.3) is 0 Å². The van der Waals surface area contributed by atoms with Crippen LogP contribution in [0.4, 0.5) is 5.69 Å². The molecule has 2 unspecified atom stereocenters. The molecule has 2 atom stereocenters. The number of hydrogen-bond acceptors (Lipinski definition) is 3. The van der Waals surface area contributed by atoms with Crippen LogP contribution in [0.5, 0.6) is 0 Å². The van der Waals surface area contributed by atoms with E-state index in [9.17, 15) is 4.79 Å². The van der Waals surface area contributed by atoms with Crippen LogP contribution in [0, 0.1) is 5.92 Å². The molecule has 1 aromatic rings. The van der Waals surface area contributed by atoms with Gasteiger partial charge in [0.15, 0.2) is 5.96 Å². The van der Waals surface area contributed by atoms with Crippen molar-refractivity contribution < 1.29 is 4.79 Å². The van der Waals surface area contributed by atoms with Crippen LogP contribution in [0.1, 0.15) is 19.8 Å². The van der Waals surface area contributed by atoms with Gasteiger partial charge in [0.25, 0.3) is 0 Å². The van der Waals surface area contributed by atoms with Crippen molar-refractivity contribution in [2.24, 2.45) is 10.9 Å². The van der Waals surface area contributed by atoms with Crippen LogP contribution in [0.2, 0.25) is 0 Å². The number of likely N-dealkylation sites (N-methyl/N-ethyl adjacent to an activating group) is 1. The van der Waals surface area contributed by atoms with Crippen molar-refractivity contribution in [3.63, 3.8) is 0 Å². The Morgan fingerprint density at radius 3 is 2.46 bits per heavy atom. The Balaban J connectivity index is 0.00000338. The summed E-state index contributed by atoms with van der Waals surface area (Å²) >= 11 is 0. The summed E-state index contributed by atoms with van der Waals surface area (Å²) in [6.07, 6.45) is 2.16. The van der Waals surface area contributed by atoms with Gasteiger partial charge in [0, 0.05) is 46.0 Å². The highest BCUT2D eigenvalue weighted by molar-refractivity contribution is 14.0. The topological polar surface area (TPSA) is 60.0 Å². The zero-order valence-electron chi connectivity index (χ0n) is 16.2. The van der Waals surface area contributed by atoms with Crippen LogP contribution in [0.3, 0.4) is 0 Å². The van der Waals surface area contributed by atoms with Gasteiger partial charge in [-0.25, -0.2) is 4.99 Å². The molecule has 1 aromatic carbocycles. The first-order valence-electron chi connectivity index (χ1n) is 8.98. The largest absolute Gasteiger partial charge is 0.375 e. The number of anilines is 1. The van der Waals surface area contributed by atoms with Crippen LogP contribution in [0.15, 0.2) is 35.3 Å². The van der Waals surface area contributed by atoms with Gasteiger partial charge in [0.1, 0.15) is 6.54 Å². The fraction of sp³-hybridized carbons (Fsp3) is 0.579. The molecule has 0 heterocycles. The third-order valence-electron chi connectivity index (χ3n) is 4.46. The molecule has 2 N–H and O–H groups in total. The molecule has 2 rings (SSSR count). The van der Waals surface area contributed by atoms with E-state index in [-0.39, 0.29) is 36.4 Å². The molecule has 0 bridgehead atoms. The smallest absolute Gasteiger partial charge is 0.243 e. The number of para-hydroxylation sites is 1. The van der Waals surface area contributed by atoms with Crippen molar-refractivity contribution in [3.05, 3.63) is 30.3 Å². The molecule has 0 aromatic heterocycles. The average molecular weight is 473 g/mol. The summed E-state index contributed by atoms with van der Waals surface area (Å²) in [4.78, 5) is 20.0. The highest BCUT2D eigenvalue weighted by Crippen LogP contribution is 2.28. The fourth-order valence-corrected chi connectivity index (χ4v) is 2.47. The molecule has 26 heavy (non-hydrogen) atoms. The molecule has 1 fully saturated rings. The van der Waals surface area contributed by atoms with Gasteiger partial charge in [-0.1, -0.05) is 25.1 Å². The van der Waals surface area contributed by atoms with E-state index in [2.05, 4.69) is 58.8 Å². The molecular weight excluding hydrogens is 441 g/mol. The summed E-state index contributed by atoms with van der Waals surface area (Å²) in [5, 5.41) is 6.76. The van der Waals surface area contributed by atoms with E-state index in [1.54, 1.807) is 19.0 Å². The number of carbonyl (C=O) groups is 1. The lowest BCUT2D eigenvalue weighted by molar-refractivity contribution is -0.127. The molecule has 146 valence electrons. The van der Waals surface area contributed by atoms with Crippen molar-refractivity contribution in [1.82, 2.24) is 15.5 Å². The average Bonchev–Trinajstić information content (AvgIpc) is 3.31. The minimum Gasteiger partial charge on any atom is -0.375 e. The number of guanidine groups is 1. The first kappa shape index (κ1) is 22.5. The molecule has 1 aliphatic carbocycles. The van der Waals surface area contributed by atoms with E-state index in [0.717, 1.165) is 25.5 Å². The van der Waals surface area contributed by atoms with E-state index >= 15 is 0 Å². The number of rotatable bonds is 8. The fourth-order valence-electron chi connectivity index (χ4n) is 2.47. The van der Waals surface area contributed by atoms with E-state index in [1.165, 1.54) is 12.1 Å². The number of carbonyl (C=O) groups excluding carboxylic acids is 1. The maximum Gasteiger partial charge on any atom is 0.243 e. The van der Waals surface area contributed by atoms with E-state index in [0.29, 0.717) is 12.0 Å². The maximum absolute atomic E-state index is 11.7. The summed E-state index contributed by atoms with van der Waals surface area (Å²) < 4.78 is 0. The van der Waals surface area contributed by atoms with Crippen LogP contribution in [-0.2, 0) is 4.79 Å². The Morgan fingerprint density at radius 1 is 1.23 bits per heavy atom. The number of amides is 1. The van der Waals surface area contributed by atoms with E-state index in [4.69, 9.17) is 0 Å². The molecular formula is C19H32IN5O. The molecule has 7 heteroatoms. The summed E-state index contributed by atoms with van der Waals surface area (Å²) in [7, 11) is 5.60. The highest BCUT2D eigenvalue weighted by atomic mass is 127. The van der Waals surface area contributed by atoms with Gasteiger partial charge < -0.3 is 20.4 Å². The monoisotopic (exact) mass is 473 g/mol. The summed E-state index contributed by atoms with van der Waals surface area (Å²) in [6, 6.07) is 10.8. The first-order valence-corrected chi connectivity index (χ1v) is 8.98. The second kappa shape index (κ2) is 11.3. The lowest BCUT2D eigenvalue weighted by Gasteiger charge is -2.20. The van der Waals surface area contributed by atoms with Gasteiger partial charge in [0.2, 0.25) is 5.91 Å². The van der Waals surface area contributed by atoms with Crippen molar-refractivity contribution >= 4 is 41.5 Å². The molecule has 1 aliphatic rings. The predicted octanol–water partition coefficient (Wildman–Crippen LogP) is 2.16. The zero-order chi connectivity index (χ0) is 18.2. The SMILES string of the molecule is CC1CC1NC(=NCC(=O)N(C)C)NCCCN(C)c1ccccc1.I. The second-order valence-electron chi connectivity index (χ2n) is 6.95. The van der Waals surface area contributed by atoms with Gasteiger partial charge in [-0.2, -0.15) is 0 Å². The van der Waals surface area contributed by atoms with E-state index in [1.807, 2.05) is 6.07 Å². The number of nitrogens with one attached hydrogen (secondary N) is 2. The van der Waals surface area contributed by atoms with Crippen molar-refractivity contribution in [2.75, 3.05) is 45.7 Å². The second-order valence-corrected chi connectivity index (χ2v) is 6.95. The number of halogens is 1. The Labute approximate surface area is 174 Å². The summed E-state index contributed by atoms with van der Waals surface area (Å²) in [5.41, 5.74) is 1.22. The molecule has 0 saturated heterocycles. The van der Waals surface area contributed by atoms with Gasteiger partial charge in [-0.3, -0.25) is 4.79 Å². The van der Waals surface area contributed by atoms with Crippen LogP contribution >= 0.6 is 24.0 Å². The van der Waals surface area contributed by atoms with Crippen molar-refractivity contribution in [3.8, 4) is 0 Å². The lowest BCUT2D eigenvalue weighted by atomic mass is 10.3. The van der Waals surface area contributed by atoms with Crippen molar-refractivity contribution in [2.45, 2.75) is 25.8 Å². The third kappa shape index (κ3) is 7.80. The summed E-state index contributed by atoms with van der Waals surface area (Å²) in [6.45, 7) is 4.17. The van der Waals surface area contributed by atoms with Crippen LogP contribution in [-0.4, -0.2) is 63.6 Å². The minimum absolute atomic E-state index is 0. The molecule has 1 amide bonds. The van der Waals surface area contributed by atoms with Gasteiger partial charge in [-0.15, -0.1) is 24.0 Å². The normalized spacial score (nSPS) is 18.5. The molecule has 0 spiro atoms. The maximum atomic E-state index is 11.7. The summed E-state index contributed by atoms with van der Waals surface area (Å²) in [5.74, 6) is 1.43. The van der Waals surface area contributed by atoms with Gasteiger partial charge >= 0.3 is 0 Å². The van der Waals surface area contributed by atoms with Crippen LogP contribution < -0.4 is 15.5 Å². The molecule has 0 radical (unpaired) electrons. The van der Waals surface area contributed by atoms with Gasteiger partial charge in [-0.05, 0) is 30.9 Å². The molecule has 6 nitrogen and oxygen atoms in total. The Bertz CT molecular complexity index is 579. The lowest BCUT2D eigenvalue weighted by Crippen LogP contribution is -2.41. The number of aliphatic imine (C=N–C) groups is 1. The molecule has 1 saturated carbocycles. The quantitative estimate of drug-likeness (QED) is 0.263. The molecule has 0 aliphatic heterocycles. The third-order valence-corrected chi connectivity index (χ3v) is 4.46. The van der Waals surface area contributed by atoms with E-state index < -0.39 is 0 Å². The minimum atomic E-state index is 0. The highest BCUT2D eigenvalue weighted by Gasteiger charge is 2.33.